The van der Waals surface area contributed by atoms with Crippen LogP contribution in [0.2, 0.25) is 0 Å². The predicted molar refractivity (Wildman–Crippen MR) is 85.4 cm³/mol. The van der Waals surface area contributed by atoms with E-state index in [-0.39, 0.29) is 23.9 Å². The van der Waals surface area contributed by atoms with Crippen molar-refractivity contribution in [3.63, 3.8) is 0 Å². The van der Waals surface area contributed by atoms with E-state index in [1.165, 1.54) is 0 Å². The van der Waals surface area contributed by atoms with Crippen LogP contribution in [0, 0.1) is 13.8 Å². The number of likely N-dealkylation sites (N-methyl/N-ethyl adjacent to an activating group) is 1. The predicted octanol–water partition coefficient (Wildman–Crippen LogP) is 2.68. The Balaban J connectivity index is 2.87. The molecule has 1 aromatic carbocycles. The summed E-state index contributed by atoms with van der Waals surface area (Å²) in [5.74, 6) is -0.231. The van der Waals surface area contributed by atoms with E-state index in [4.69, 9.17) is 0 Å². The number of hydrogen-bond acceptors (Lipinski definition) is 2. The Kier molecular flexibility index (Phi) is 5.53. The van der Waals surface area contributed by atoms with Crippen LogP contribution in [0.15, 0.2) is 18.2 Å². The van der Waals surface area contributed by atoms with Gasteiger partial charge in [-0.15, -0.1) is 0 Å². The largest absolute Gasteiger partial charge is 0.350 e. The molecule has 0 saturated heterocycles. The second-order valence-electron chi connectivity index (χ2n) is 6.36. The van der Waals surface area contributed by atoms with E-state index >= 15 is 0 Å². The lowest BCUT2D eigenvalue weighted by atomic mass is 10.0. The van der Waals surface area contributed by atoms with Gasteiger partial charge in [-0.25, -0.2) is 0 Å². The first kappa shape index (κ1) is 17.2. The number of hydrogen-bond donors (Lipinski definition) is 1. The number of benzene rings is 1. The van der Waals surface area contributed by atoms with Gasteiger partial charge in [0.1, 0.15) is 0 Å². The van der Waals surface area contributed by atoms with Gasteiger partial charge < -0.3 is 10.2 Å². The summed E-state index contributed by atoms with van der Waals surface area (Å²) in [4.78, 5) is 26.2. The van der Waals surface area contributed by atoms with Crippen LogP contribution in [0.4, 0.5) is 0 Å². The molecule has 1 rings (SSSR count). The van der Waals surface area contributed by atoms with E-state index in [2.05, 4.69) is 5.32 Å². The van der Waals surface area contributed by atoms with Gasteiger partial charge in [0.15, 0.2) is 0 Å². The highest BCUT2D eigenvalue weighted by molar-refractivity contribution is 5.98. The molecule has 0 aliphatic heterocycles. The number of nitrogens with zero attached hydrogens (tertiary/aromatic N) is 1. The van der Waals surface area contributed by atoms with Gasteiger partial charge in [0.25, 0.3) is 5.91 Å². The van der Waals surface area contributed by atoms with Gasteiger partial charge in [-0.3, -0.25) is 9.59 Å². The Morgan fingerprint density at radius 1 is 1.19 bits per heavy atom. The Morgan fingerprint density at radius 3 is 2.33 bits per heavy atom. The number of amides is 2. The van der Waals surface area contributed by atoms with E-state index < -0.39 is 0 Å². The molecule has 116 valence electrons. The second kappa shape index (κ2) is 6.74. The van der Waals surface area contributed by atoms with E-state index in [9.17, 15) is 9.59 Å². The smallest absolute Gasteiger partial charge is 0.254 e. The van der Waals surface area contributed by atoms with E-state index in [0.717, 1.165) is 11.1 Å². The molecule has 0 aliphatic rings. The average Bonchev–Trinajstić information content (AvgIpc) is 2.36. The van der Waals surface area contributed by atoms with E-state index in [1.807, 2.05) is 59.7 Å². The summed E-state index contributed by atoms with van der Waals surface area (Å²) in [5.41, 5.74) is 2.42. The lowest BCUT2D eigenvalue weighted by Crippen LogP contribution is -2.47. The standard InChI is InChI=1S/C17H26N2O2/c1-7-19(11-15(20)18-17(4,5)6)16(21)14-10-8-9-12(2)13(14)3/h8-10H,7,11H2,1-6H3,(H,18,20). The Bertz CT molecular complexity index is 530. The minimum atomic E-state index is -0.293. The van der Waals surface area contributed by atoms with Crippen LogP contribution in [0.1, 0.15) is 49.2 Å². The molecular weight excluding hydrogens is 264 g/mol. The molecule has 4 heteroatoms. The van der Waals surface area contributed by atoms with Crippen LogP contribution in [0.5, 0.6) is 0 Å². The molecule has 0 fully saturated rings. The fraction of sp³-hybridized carbons (Fsp3) is 0.529. The molecule has 0 aliphatic carbocycles. The van der Waals surface area contributed by atoms with Crippen molar-refractivity contribution in [2.45, 2.75) is 47.1 Å². The van der Waals surface area contributed by atoms with Crippen LogP contribution in [0.3, 0.4) is 0 Å². The van der Waals surface area contributed by atoms with Crippen molar-refractivity contribution in [1.29, 1.82) is 0 Å². The summed E-state index contributed by atoms with van der Waals surface area (Å²) in [6, 6.07) is 5.67. The third-order valence-electron chi connectivity index (χ3n) is 3.35. The minimum Gasteiger partial charge on any atom is -0.350 e. The quantitative estimate of drug-likeness (QED) is 0.927. The molecule has 0 unspecified atom stereocenters. The maximum Gasteiger partial charge on any atom is 0.254 e. The van der Waals surface area contributed by atoms with Crippen molar-refractivity contribution in [3.05, 3.63) is 34.9 Å². The first-order chi connectivity index (χ1) is 9.65. The van der Waals surface area contributed by atoms with Crippen molar-refractivity contribution in [2.75, 3.05) is 13.1 Å². The van der Waals surface area contributed by atoms with Crippen LogP contribution in [-0.2, 0) is 4.79 Å². The number of nitrogens with one attached hydrogen (secondary N) is 1. The van der Waals surface area contributed by atoms with Crippen LogP contribution in [0.25, 0.3) is 0 Å². The maximum atomic E-state index is 12.6. The number of carbonyl (C=O) groups is 2. The Labute approximate surface area is 127 Å². The summed E-state index contributed by atoms with van der Waals surface area (Å²) in [5, 5.41) is 2.88. The molecular formula is C17H26N2O2. The van der Waals surface area contributed by atoms with Gasteiger partial charge in [0, 0.05) is 17.6 Å². The maximum absolute atomic E-state index is 12.6. The van der Waals surface area contributed by atoms with Crippen molar-refractivity contribution < 1.29 is 9.59 Å². The fourth-order valence-corrected chi connectivity index (χ4v) is 2.11. The third-order valence-corrected chi connectivity index (χ3v) is 3.35. The summed E-state index contributed by atoms with van der Waals surface area (Å²) < 4.78 is 0. The number of carbonyl (C=O) groups excluding carboxylic acids is 2. The molecule has 1 N–H and O–H groups in total. The summed E-state index contributed by atoms with van der Waals surface area (Å²) in [7, 11) is 0. The van der Waals surface area contributed by atoms with E-state index in [1.54, 1.807) is 4.90 Å². The average molecular weight is 290 g/mol. The normalized spacial score (nSPS) is 11.1. The fourth-order valence-electron chi connectivity index (χ4n) is 2.11. The monoisotopic (exact) mass is 290 g/mol. The van der Waals surface area contributed by atoms with Crippen LogP contribution < -0.4 is 5.32 Å². The third kappa shape index (κ3) is 4.88. The van der Waals surface area contributed by atoms with Crippen LogP contribution in [-0.4, -0.2) is 35.3 Å². The highest BCUT2D eigenvalue weighted by Crippen LogP contribution is 2.15. The first-order valence-electron chi connectivity index (χ1n) is 7.32. The van der Waals surface area contributed by atoms with Gasteiger partial charge in [-0.1, -0.05) is 12.1 Å². The Hall–Kier alpha value is -1.84. The molecule has 0 bridgehead atoms. The van der Waals surface area contributed by atoms with Crippen LogP contribution >= 0.6 is 0 Å². The zero-order chi connectivity index (χ0) is 16.2. The molecule has 0 aromatic heterocycles. The van der Waals surface area contributed by atoms with E-state index in [0.29, 0.717) is 12.1 Å². The molecule has 1 aromatic rings. The molecule has 0 radical (unpaired) electrons. The molecule has 2 amide bonds. The van der Waals surface area contributed by atoms with Crippen molar-refractivity contribution in [2.24, 2.45) is 0 Å². The van der Waals surface area contributed by atoms with Gasteiger partial charge in [-0.05, 0) is 58.7 Å². The lowest BCUT2D eigenvalue weighted by Gasteiger charge is -2.25. The van der Waals surface area contributed by atoms with Gasteiger partial charge >= 0.3 is 0 Å². The van der Waals surface area contributed by atoms with Gasteiger partial charge in [-0.2, -0.15) is 0 Å². The summed E-state index contributed by atoms with van der Waals surface area (Å²) in [6.07, 6.45) is 0. The number of rotatable bonds is 4. The highest BCUT2D eigenvalue weighted by atomic mass is 16.2. The van der Waals surface area contributed by atoms with Crippen molar-refractivity contribution >= 4 is 11.8 Å². The second-order valence-corrected chi connectivity index (χ2v) is 6.36. The summed E-state index contributed by atoms with van der Waals surface area (Å²) in [6.45, 7) is 12.2. The molecule has 21 heavy (non-hydrogen) atoms. The SMILES string of the molecule is CCN(CC(=O)NC(C)(C)C)C(=O)c1cccc(C)c1C. The Morgan fingerprint density at radius 2 is 1.81 bits per heavy atom. The van der Waals surface area contributed by atoms with Crippen molar-refractivity contribution in [1.82, 2.24) is 10.2 Å². The topological polar surface area (TPSA) is 49.4 Å². The molecule has 0 spiro atoms. The molecule has 0 saturated carbocycles. The highest BCUT2D eigenvalue weighted by Gasteiger charge is 2.21. The zero-order valence-corrected chi connectivity index (χ0v) is 13.9. The minimum absolute atomic E-state index is 0.0833. The molecule has 0 atom stereocenters. The van der Waals surface area contributed by atoms with Gasteiger partial charge in [0.2, 0.25) is 5.91 Å². The lowest BCUT2D eigenvalue weighted by molar-refractivity contribution is -0.123. The zero-order valence-electron chi connectivity index (χ0n) is 13.9. The first-order valence-corrected chi connectivity index (χ1v) is 7.32. The molecule has 0 heterocycles. The molecule has 4 nitrogen and oxygen atoms in total. The number of aryl methyl sites for hydroxylation is 1. The summed E-state index contributed by atoms with van der Waals surface area (Å²) >= 11 is 0. The van der Waals surface area contributed by atoms with Crippen molar-refractivity contribution in [3.8, 4) is 0 Å². The van der Waals surface area contributed by atoms with Gasteiger partial charge in [0.05, 0.1) is 6.54 Å².